The molecule has 1 aliphatic heterocycles. The van der Waals surface area contributed by atoms with Gasteiger partial charge >= 0.3 is 6.09 Å². The number of likely N-dealkylation sites (tertiary alicyclic amines) is 1. The van der Waals surface area contributed by atoms with Crippen molar-refractivity contribution in [3.63, 3.8) is 0 Å². The first-order valence-corrected chi connectivity index (χ1v) is 8.56. The van der Waals surface area contributed by atoms with E-state index in [0.29, 0.717) is 28.4 Å². The Kier molecular flexibility index (Phi) is 5.25. The summed E-state index contributed by atoms with van der Waals surface area (Å²) in [5.74, 6) is -0.150. The standard InChI is InChI=1S/C19H20ClFN2O2/c1-22-8-7-13(11-22)12-23(19(24)25)18-6-5-16(21)10-17(18)14-3-2-4-15(20)9-14/h2-6,9-10,13H,7-8,11-12H2,1H3,(H,24,25). The molecule has 1 aliphatic rings. The average Bonchev–Trinajstić information content (AvgIpc) is 2.98. The van der Waals surface area contributed by atoms with Crippen molar-refractivity contribution in [2.24, 2.45) is 5.92 Å². The Balaban J connectivity index is 2.00. The molecule has 1 N–H and O–H groups in total. The molecule has 4 nitrogen and oxygen atoms in total. The van der Waals surface area contributed by atoms with E-state index >= 15 is 0 Å². The van der Waals surface area contributed by atoms with Crippen LogP contribution >= 0.6 is 11.6 Å². The van der Waals surface area contributed by atoms with E-state index in [1.807, 2.05) is 7.05 Å². The molecule has 2 aromatic carbocycles. The number of carbonyl (C=O) groups is 1. The predicted molar refractivity (Wildman–Crippen MR) is 97.8 cm³/mol. The number of anilines is 1. The SMILES string of the molecule is CN1CCC(CN(C(=O)O)c2ccc(F)cc2-c2cccc(Cl)c2)C1. The van der Waals surface area contributed by atoms with Crippen molar-refractivity contribution in [3.8, 4) is 11.1 Å². The van der Waals surface area contributed by atoms with E-state index in [4.69, 9.17) is 11.6 Å². The highest BCUT2D eigenvalue weighted by molar-refractivity contribution is 6.30. The maximum atomic E-state index is 13.8. The van der Waals surface area contributed by atoms with E-state index in [2.05, 4.69) is 4.90 Å². The van der Waals surface area contributed by atoms with Crippen LogP contribution in [0, 0.1) is 11.7 Å². The minimum absolute atomic E-state index is 0.262. The van der Waals surface area contributed by atoms with Gasteiger partial charge in [0.25, 0.3) is 0 Å². The molecule has 0 saturated carbocycles. The van der Waals surface area contributed by atoms with Crippen molar-refractivity contribution < 1.29 is 14.3 Å². The molecular weight excluding hydrogens is 343 g/mol. The lowest BCUT2D eigenvalue weighted by molar-refractivity contribution is 0.200. The highest BCUT2D eigenvalue weighted by atomic mass is 35.5. The second kappa shape index (κ2) is 7.42. The van der Waals surface area contributed by atoms with Crippen LogP contribution in [0.5, 0.6) is 0 Å². The molecule has 0 radical (unpaired) electrons. The zero-order chi connectivity index (χ0) is 18.0. The summed E-state index contributed by atoms with van der Waals surface area (Å²) in [6.07, 6.45) is -0.0852. The van der Waals surface area contributed by atoms with Crippen molar-refractivity contribution >= 4 is 23.4 Å². The number of rotatable bonds is 4. The smallest absolute Gasteiger partial charge is 0.411 e. The lowest BCUT2D eigenvalue weighted by Gasteiger charge is -2.25. The van der Waals surface area contributed by atoms with Gasteiger partial charge in [-0.2, -0.15) is 0 Å². The maximum absolute atomic E-state index is 13.8. The van der Waals surface area contributed by atoms with Crippen molar-refractivity contribution in [2.45, 2.75) is 6.42 Å². The molecule has 1 unspecified atom stereocenters. The molecule has 1 fully saturated rings. The number of carboxylic acid groups (broad SMARTS) is 1. The fraction of sp³-hybridized carbons (Fsp3) is 0.316. The van der Waals surface area contributed by atoms with E-state index in [9.17, 15) is 14.3 Å². The highest BCUT2D eigenvalue weighted by Gasteiger charge is 2.27. The van der Waals surface area contributed by atoms with Crippen LogP contribution in [-0.4, -0.2) is 42.8 Å². The Hall–Kier alpha value is -2.11. The topological polar surface area (TPSA) is 43.8 Å². The molecule has 3 rings (SSSR count). The molecule has 6 heteroatoms. The summed E-state index contributed by atoms with van der Waals surface area (Å²) >= 11 is 6.05. The van der Waals surface area contributed by atoms with Crippen LogP contribution in [0.15, 0.2) is 42.5 Å². The van der Waals surface area contributed by atoms with Gasteiger partial charge in [-0.25, -0.2) is 9.18 Å². The second-order valence-electron chi connectivity index (χ2n) is 6.48. The fourth-order valence-corrected chi connectivity index (χ4v) is 3.53. The summed E-state index contributed by atoms with van der Waals surface area (Å²) < 4.78 is 13.8. The van der Waals surface area contributed by atoms with E-state index in [1.54, 1.807) is 24.3 Å². The van der Waals surface area contributed by atoms with E-state index in [1.165, 1.54) is 23.1 Å². The van der Waals surface area contributed by atoms with Gasteiger partial charge in [0.15, 0.2) is 0 Å². The highest BCUT2D eigenvalue weighted by Crippen LogP contribution is 2.34. The Bertz CT molecular complexity index is 784. The Labute approximate surface area is 151 Å². The molecule has 1 amide bonds. The van der Waals surface area contributed by atoms with E-state index in [-0.39, 0.29) is 5.92 Å². The molecule has 0 aliphatic carbocycles. The molecule has 132 valence electrons. The van der Waals surface area contributed by atoms with Crippen LogP contribution in [0.25, 0.3) is 11.1 Å². The van der Waals surface area contributed by atoms with Crippen LogP contribution < -0.4 is 4.90 Å². The van der Waals surface area contributed by atoms with E-state index in [0.717, 1.165) is 19.5 Å². The van der Waals surface area contributed by atoms with Crippen LogP contribution in [0.3, 0.4) is 0 Å². The largest absolute Gasteiger partial charge is 0.465 e. The predicted octanol–water partition coefficient (Wildman–Crippen LogP) is 4.58. The second-order valence-corrected chi connectivity index (χ2v) is 6.92. The lowest BCUT2D eigenvalue weighted by Crippen LogP contribution is -2.35. The number of benzene rings is 2. The van der Waals surface area contributed by atoms with Crippen LogP contribution in [0.4, 0.5) is 14.9 Å². The first kappa shape index (κ1) is 17.7. The number of hydrogen-bond acceptors (Lipinski definition) is 2. The van der Waals surface area contributed by atoms with Gasteiger partial charge < -0.3 is 10.0 Å². The zero-order valence-corrected chi connectivity index (χ0v) is 14.7. The monoisotopic (exact) mass is 362 g/mol. The van der Waals surface area contributed by atoms with Gasteiger partial charge in [-0.15, -0.1) is 0 Å². The molecular formula is C19H20ClFN2O2. The van der Waals surface area contributed by atoms with Gasteiger partial charge in [-0.3, -0.25) is 4.90 Å². The van der Waals surface area contributed by atoms with Crippen molar-refractivity contribution in [1.82, 2.24) is 4.90 Å². The van der Waals surface area contributed by atoms with Gasteiger partial charge in [0, 0.05) is 23.7 Å². The minimum atomic E-state index is -1.04. The van der Waals surface area contributed by atoms with Crippen molar-refractivity contribution in [3.05, 3.63) is 53.3 Å². The number of hydrogen-bond donors (Lipinski definition) is 1. The average molecular weight is 363 g/mol. The number of amides is 1. The van der Waals surface area contributed by atoms with E-state index < -0.39 is 11.9 Å². The first-order valence-electron chi connectivity index (χ1n) is 8.18. The Morgan fingerprint density at radius 1 is 1.36 bits per heavy atom. The van der Waals surface area contributed by atoms with Gasteiger partial charge in [0.05, 0.1) is 5.69 Å². The van der Waals surface area contributed by atoms with Gasteiger partial charge in [-0.05, 0) is 61.8 Å². The minimum Gasteiger partial charge on any atom is -0.465 e. The normalized spacial score (nSPS) is 17.6. The quantitative estimate of drug-likeness (QED) is 0.865. The van der Waals surface area contributed by atoms with Gasteiger partial charge in [0.2, 0.25) is 0 Å². The van der Waals surface area contributed by atoms with Crippen LogP contribution in [0.1, 0.15) is 6.42 Å². The van der Waals surface area contributed by atoms with Crippen LogP contribution in [-0.2, 0) is 0 Å². The Morgan fingerprint density at radius 2 is 2.16 bits per heavy atom. The fourth-order valence-electron chi connectivity index (χ4n) is 3.34. The van der Waals surface area contributed by atoms with Gasteiger partial charge in [0.1, 0.15) is 5.82 Å². The third-order valence-electron chi connectivity index (χ3n) is 4.55. The molecule has 0 aromatic heterocycles. The third-order valence-corrected chi connectivity index (χ3v) is 4.78. The summed E-state index contributed by atoms with van der Waals surface area (Å²) in [6, 6.07) is 11.2. The molecule has 0 spiro atoms. The summed E-state index contributed by atoms with van der Waals surface area (Å²) in [5.41, 5.74) is 1.69. The molecule has 2 aromatic rings. The molecule has 25 heavy (non-hydrogen) atoms. The summed E-state index contributed by atoms with van der Waals surface area (Å²) in [5, 5.41) is 10.3. The summed E-state index contributed by atoms with van der Waals surface area (Å²) in [4.78, 5) is 15.4. The van der Waals surface area contributed by atoms with Crippen molar-refractivity contribution in [2.75, 3.05) is 31.6 Å². The first-order chi connectivity index (χ1) is 11.9. The maximum Gasteiger partial charge on any atom is 0.411 e. The third kappa shape index (κ3) is 4.11. The number of nitrogens with zero attached hydrogens (tertiary/aromatic N) is 2. The van der Waals surface area contributed by atoms with Gasteiger partial charge in [-0.1, -0.05) is 23.7 Å². The lowest BCUT2D eigenvalue weighted by atomic mass is 10.0. The summed E-state index contributed by atoms with van der Waals surface area (Å²) in [6.45, 7) is 2.21. The zero-order valence-electron chi connectivity index (χ0n) is 14.0. The molecule has 1 heterocycles. The summed E-state index contributed by atoms with van der Waals surface area (Å²) in [7, 11) is 2.03. The molecule has 1 saturated heterocycles. The number of halogens is 2. The molecule has 0 bridgehead atoms. The van der Waals surface area contributed by atoms with Crippen molar-refractivity contribution in [1.29, 1.82) is 0 Å². The molecule has 1 atom stereocenters. The van der Waals surface area contributed by atoms with Crippen LogP contribution in [0.2, 0.25) is 5.02 Å². The Morgan fingerprint density at radius 3 is 2.80 bits per heavy atom.